The molecule has 4 heteroatoms. The van der Waals surface area contributed by atoms with Crippen molar-refractivity contribution in [1.82, 2.24) is 0 Å². The topological polar surface area (TPSA) is 60.4 Å². The van der Waals surface area contributed by atoms with Crippen molar-refractivity contribution in [3.8, 4) is 0 Å². The molecule has 0 amide bonds. The Morgan fingerprint density at radius 1 is 1.13 bits per heavy atom. The molecule has 0 N–H and O–H groups in total. The van der Waals surface area contributed by atoms with Crippen LogP contribution in [0.5, 0.6) is 0 Å². The minimum Gasteiger partial charge on any atom is -0.389 e. The SMILES string of the molecule is CC(=O)CC(=O)OC(=O)c1ccccc1. The fraction of sp³-hybridized carbons (Fsp3) is 0.182. The van der Waals surface area contributed by atoms with Gasteiger partial charge < -0.3 is 4.74 Å². The van der Waals surface area contributed by atoms with Gasteiger partial charge in [-0.3, -0.25) is 9.59 Å². The van der Waals surface area contributed by atoms with Crippen LogP contribution in [-0.2, 0) is 14.3 Å². The van der Waals surface area contributed by atoms with E-state index in [0.29, 0.717) is 0 Å². The molecule has 1 aromatic rings. The summed E-state index contributed by atoms with van der Waals surface area (Å²) in [6.45, 7) is 1.26. The standard InChI is InChI=1S/C11H10O4/c1-8(12)7-10(13)15-11(14)9-5-3-2-4-6-9/h2-6H,7H2,1H3. The number of rotatable bonds is 3. The molecule has 1 aromatic carbocycles. The van der Waals surface area contributed by atoms with E-state index in [2.05, 4.69) is 4.74 Å². The minimum absolute atomic E-state index is 0.286. The molecule has 0 atom stereocenters. The number of benzene rings is 1. The maximum Gasteiger partial charge on any atom is 0.345 e. The Hall–Kier alpha value is -1.97. The molecular weight excluding hydrogens is 196 g/mol. The van der Waals surface area contributed by atoms with E-state index in [4.69, 9.17) is 0 Å². The molecule has 0 aliphatic heterocycles. The molecule has 4 nitrogen and oxygen atoms in total. The van der Waals surface area contributed by atoms with Crippen LogP contribution in [0.15, 0.2) is 30.3 Å². The summed E-state index contributed by atoms with van der Waals surface area (Å²) in [6, 6.07) is 8.12. The van der Waals surface area contributed by atoms with Gasteiger partial charge in [-0.2, -0.15) is 0 Å². The normalized spacial score (nSPS) is 9.40. The van der Waals surface area contributed by atoms with Gasteiger partial charge in [-0.15, -0.1) is 0 Å². The second kappa shape index (κ2) is 5.05. The van der Waals surface area contributed by atoms with Crippen molar-refractivity contribution in [1.29, 1.82) is 0 Å². The molecule has 0 radical (unpaired) electrons. The van der Waals surface area contributed by atoms with Crippen LogP contribution in [0.4, 0.5) is 0 Å². The quantitative estimate of drug-likeness (QED) is 0.553. The zero-order valence-corrected chi connectivity index (χ0v) is 8.23. The number of hydrogen-bond donors (Lipinski definition) is 0. The number of ketones is 1. The number of esters is 2. The first-order valence-corrected chi connectivity index (χ1v) is 4.39. The van der Waals surface area contributed by atoms with Gasteiger partial charge in [0.1, 0.15) is 12.2 Å². The summed E-state index contributed by atoms with van der Waals surface area (Å²) in [6.07, 6.45) is -0.376. The van der Waals surface area contributed by atoms with E-state index in [1.807, 2.05) is 0 Å². The van der Waals surface area contributed by atoms with Crippen LogP contribution in [0.3, 0.4) is 0 Å². The van der Waals surface area contributed by atoms with E-state index in [1.54, 1.807) is 18.2 Å². The van der Waals surface area contributed by atoms with E-state index in [0.717, 1.165) is 0 Å². The molecule has 0 saturated heterocycles. The molecule has 0 aliphatic rings. The maximum absolute atomic E-state index is 11.3. The molecule has 0 bridgehead atoms. The third-order valence-corrected chi connectivity index (χ3v) is 1.61. The summed E-state index contributed by atoms with van der Waals surface area (Å²) in [5.41, 5.74) is 0.286. The summed E-state index contributed by atoms with van der Waals surface area (Å²) in [5, 5.41) is 0. The van der Waals surface area contributed by atoms with Gasteiger partial charge in [-0.05, 0) is 19.1 Å². The Morgan fingerprint density at radius 2 is 1.73 bits per heavy atom. The monoisotopic (exact) mass is 206 g/mol. The predicted octanol–water partition coefficient (Wildman–Crippen LogP) is 1.35. The van der Waals surface area contributed by atoms with Crippen LogP contribution < -0.4 is 0 Å². The van der Waals surface area contributed by atoms with Crippen LogP contribution in [0.1, 0.15) is 23.7 Å². The van der Waals surface area contributed by atoms with Gasteiger partial charge in [0.25, 0.3) is 0 Å². The smallest absolute Gasteiger partial charge is 0.345 e. The summed E-state index contributed by atoms with van der Waals surface area (Å²) in [7, 11) is 0. The molecule has 0 aliphatic carbocycles. The van der Waals surface area contributed by atoms with Crippen molar-refractivity contribution in [2.75, 3.05) is 0 Å². The van der Waals surface area contributed by atoms with Gasteiger partial charge >= 0.3 is 11.9 Å². The van der Waals surface area contributed by atoms with Crippen molar-refractivity contribution in [2.24, 2.45) is 0 Å². The first-order valence-electron chi connectivity index (χ1n) is 4.39. The fourth-order valence-corrected chi connectivity index (χ4v) is 0.976. The van der Waals surface area contributed by atoms with Crippen LogP contribution in [-0.4, -0.2) is 17.7 Å². The van der Waals surface area contributed by atoms with Gasteiger partial charge in [-0.1, -0.05) is 18.2 Å². The first kappa shape index (κ1) is 11.1. The molecule has 15 heavy (non-hydrogen) atoms. The summed E-state index contributed by atoms with van der Waals surface area (Å²) in [5.74, 6) is -1.89. The zero-order valence-electron chi connectivity index (χ0n) is 8.23. The minimum atomic E-state index is -0.823. The van der Waals surface area contributed by atoms with Gasteiger partial charge in [0, 0.05) is 0 Å². The van der Waals surface area contributed by atoms with E-state index < -0.39 is 11.9 Å². The highest BCUT2D eigenvalue weighted by Gasteiger charge is 2.13. The van der Waals surface area contributed by atoms with Gasteiger partial charge in [-0.25, -0.2) is 4.79 Å². The molecule has 0 unspecified atom stereocenters. The Kier molecular flexibility index (Phi) is 3.74. The molecule has 1 rings (SSSR count). The molecular formula is C11H10O4. The average molecular weight is 206 g/mol. The van der Waals surface area contributed by atoms with Gasteiger partial charge in [0.2, 0.25) is 0 Å². The second-order valence-corrected chi connectivity index (χ2v) is 3.01. The Morgan fingerprint density at radius 3 is 2.27 bits per heavy atom. The van der Waals surface area contributed by atoms with Gasteiger partial charge in [0.15, 0.2) is 0 Å². The van der Waals surface area contributed by atoms with Crippen LogP contribution in [0, 0.1) is 0 Å². The molecule has 0 fully saturated rings. The highest BCUT2D eigenvalue weighted by molar-refractivity contribution is 6.02. The highest BCUT2D eigenvalue weighted by atomic mass is 16.6. The number of Topliss-reactive ketones (excluding diaryl/α,β-unsaturated/α-hetero) is 1. The van der Waals surface area contributed by atoms with Crippen molar-refractivity contribution >= 4 is 17.7 Å². The number of carbonyl (C=O) groups is 3. The largest absolute Gasteiger partial charge is 0.389 e. The summed E-state index contributed by atoms with van der Waals surface area (Å²) in [4.78, 5) is 32.8. The van der Waals surface area contributed by atoms with Crippen LogP contribution in [0.25, 0.3) is 0 Å². The average Bonchev–Trinajstić information content (AvgIpc) is 2.17. The van der Waals surface area contributed by atoms with Crippen molar-refractivity contribution in [3.63, 3.8) is 0 Å². The van der Waals surface area contributed by atoms with E-state index >= 15 is 0 Å². The van der Waals surface area contributed by atoms with E-state index in [-0.39, 0.29) is 17.8 Å². The maximum atomic E-state index is 11.3. The fourth-order valence-electron chi connectivity index (χ4n) is 0.976. The highest BCUT2D eigenvalue weighted by Crippen LogP contribution is 2.02. The van der Waals surface area contributed by atoms with Crippen molar-refractivity contribution in [3.05, 3.63) is 35.9 Å². The van der Waals surface area contributed by atoms with Gasteiger partial charge in [0.05, 0.1) is 5.56 Å². The van der Waals surface area contributed by atoms with Crippen molar-refractivity contribution < 1.29 is 19.1 Å². The number of carbonyl (C=O) groups excluding carboxylic acids is 3. The van der Waals surface area contributed by atoms with E-state index in [1.165, 1.54) is 19.1 Å². The molecule has 0 heterocycles. The second-order valence-electron chi connectivity index (χ2n) is 3.01. The van der Waals surface area contributed by atoms with Crippen LogP contribution >= 0.6 is 0 Å². The Bertz CT molecular complexity index is 381. The molecule has 0 spiro atoms. The van der Waals surface area contributed by atoms with E-state index in [9.17, 15) is 14.4 Å². The number of ether oxygens (including phenoxy) is 1. The Labute approximate surface area is 86.9 Å². The number of hydrogen-bond acceptors (Lipinski definition) is 4. The lowest BCUT2D eigenvalue weighted by Crippen LogP contribution is -2.14. The lowest BCUT2D eigenvalue weighted by atomic mass is 10.2. The Balaban J connectivity index is 2.57. The molecule has 78 valence electrons. The zero-order chi connectivity index (χ0) is 11.3. The summed E-state index contributed by atoms with van der Waals surface area (Å²) >= 11 is 0. The van der Waals surface area contributed by atoms with Crippen molar-refractivity contribution in [2.45, 2.75) is 13.3 Å². The first-order chi connectivity index (χ1) is 7.09. The third-order valence-electron chi connectivity index (χ3n) is 1.61. The molecule has 0 saturated carbocycles. The lowest BCUT2D eigenvalue weighted by Gasteiger charge is -2.00. The predicted molar refractivity (Wildman–Crippen MR) is 52.2 cm³/mol. The lowest BCUT2D eigenvalue weighted by molar-refractivity contribution is -0.140. The summed E-state index contributed by atoms with van der Waals surface area (Å²) < 4.78 is 4.45. The third kappa shape index (κ3) is 3.72. The molecule has 0 aromatic heterocycles. The van der Waals surface area contributed by atoms with Crippen LogP contribution in [0.2, 0.25) is 0 Å².